The van der Waals surface area contributed by atoms with E-state index < -0.39 is 17.7 Å². The molecule has 1 fully saturated rings. The van der Waals surface area contributed by atoms with Gasteiger partial charge in [-0.15, -0.1) is 0 Å². The Morgan fingerprint density at radius 1 is 0.923 bits per heavy atom. The summed E-state index contributed by atoms with van der Waals surface area (Å²) < 4.78 is 5.98. The molecule has 0 saturated carbocycles. The number of aliphatic hydroxyl groups is 1. The Kier molecular flexibility index (Phi) is 7.28. The van der Waals surface area contributed by atoms with E-state index in [2.05, 4.69) is 4.98 Å². The summed E-state index contributed by atoms with van der Waals surface area (Å²) in [5.74, 6) is -0.905. The molecule has 2 heterocycles. The lowest BCUT2D eigenvalue weighted by Crippen LogP contribution is -2.29. The number of hydrogen-bond acceptors (Lipinski definition) is 5. The monoisotopic (exact) mass is 518 g/mol. The average Bonchev–Trinajstić information content (AvgIpc) is 3.20. The molecular formula is C33H30N2O4. The van der Waals surface area contributed by atoms with Crippen molar-refractivity contribution in [2.75, 3.05) is 0 Å². The molecule has 0 aliphatic carbocycles. The molecule has 4 aromatic rings. The van der Waals surface area contributed by atoms with E-state index in [0.717, 1.165) is 27.8 Å². The smallest absolute Gasteiger partial charge is 0.295 e. The SMILES string of the molecule is Cc1ccc(C)c(CN2C(=O)C(=O)/C(=C(\O)c3ccc(OCc4ccccc4)c(C)c3)C2c2cccnc2)c1. The lowest BCUT2D eigenvalue weighted by Gasteiger charge is -2.26. The summed E-state index contributed by atoms with van der Waals surface area (Å²) in [6, 6.07) is 24.0. The highest BCUT2D eigenvalue weighted by Gasteiger charge is 2.46. The van der Waals surface area contributed by atoms with Crippen molar-refractivity contribution in [3.63, 3.8) is 0 Å². The van der Waals surface area contributed by atoms with E-state index in [4.69, 9.17) is 4.74 Å². The quantitative estimate of drug-likeness (QED) is 0.179. The Bertz CT molecular complexity index is 1560. The number of aryl methyl sites for hydroxylation is 3. The van der Waals surface area contributed by atoms with Crippen LogP contribution in [-0.2, 0) is 22.7 Å². The number of rotatable bonds is 7. The molecule has 1 atom stereocenters. The van der Waals surface area contributed by atoms with Gasteiger partial charge in [-0.3, -0.25) is 14.6 Å². The van der Waals surface area contributed by atoms with Gasteiger partial charge in [-0.25, -0.2) is 0 Å². The predicted molar refractivity (Wildman–Crippen MR) is 150 cm³/mol. The van der Waals surface area contributed by atoms with E-state index in [1.54, 1.807) is 36.7 Å². The molecule has 1 aliphatic rings. The minimum absolute atomic E-state index is 0.0515. The van der Waals surface area contributed by atoms with E-state index in [0.29, 0.717) is 23.5 Å². The maximum absolute atomic E-state index is 13.4. The maximum atomic E-state index is 13.4. The number of ether oxygens (including phenoxy) is 1. The normalized spacial score (nSPS) is 16.5. The lowest BCUT2D eigenvalue weighted by atomic mass is 9.95. The van der Waals surface area contributed by atoms with Crippen LogP contribution in [-0.4, -0.2) is 26.7 Å². The first kappa shape index (κ1) is 25.9. The van der Waals surface area contributed by atoms with Gasteiger partial charge >= 0.3 is 0 Å². The van der Waals surface area contributed by atoms with Gasteiger partial charge in [0.1, 0.15) is 18.1 Å². The molecule has 1 amide bonds. The van der Waals surface area contributed by atoms with Gasteiger partial charge in [0.25, 0.3) is 11.7 Å². The van der Waals surface area contributed by atoms with Crippen LogP contribution in [0.3, 0.4) is 0 Å². The van der Waals surface area contributed by atoms with Crippen LogP contribution in [0.4, 0.5) is 0 Å². The second kappa shape index (κ2) is 11.0. The number of likely N-dealkylation sites (tertiary alicyclic amines) is 1. The van der Waals surface area contributed by atoms with Crippen molar-refractivity contribution in [3.8, 4) is 5.75 Å². The minimum Gasteiger partial charge on any atom is -0.507 e. The number of carbonyl (C=O) groups is 2. The summed E-state index contributed by atoms with van der Waals surface area (Å²) in [7, 11) is 0. The highest BCUT2D eigenvalue weighted by molar-refractivity contribution is 6.46. The number of hydrogen-bond donors (Lipinski definition) is 1. The Morgan fingerprint density at radius 3 is 2.44 bits per heavy atom. The van der Waals surface area contributed by atoms with Gasteiger partial charge in [-0.05, 0) is 72.9 Å². The van der Waals surface area contributed by atoms with Crippen molar-refractivity contribution in [2.24, 2.45) is 0 Å². The van der Waals surface area contributed by atoms with Gasteiger partial charge in [0.15, 0.2) is 0 Å². The van der Waals surface area contributed by atoms with Gasteiger partial charge in [0.2, 0.25) is 0 Å². The Morgan fingerprint density at radius 2 is 1.72 bits per heavy atom. The van der Waals surface area contributed by atoms with Crippen LogP contribution < -0.4 is 4.74 Å². The van der Waals surface area contributed by atoms with Crippen molar-refractivity contribution in [1.29, 1.82) is 0 Å². The van der Waals surface area contributed by atoms with Crippen LogP contribution in [0.1, 0.15) is 45.0 Å². The van der Waals surface area contributed by atoms with E-state index in [1.165, 1.54) is 4.90 Å². The largest absolute Gasteiger partial charge is 0.507 e. The summed E-state index contributed by atoms with van der Waals surface area (Å²) >= 11 is 0. The zero-order valence-corrected chi connectivity index (χ0v) is 22.2. The number of amides is 1. The van der Waals surface area contributed by atoms with Crippen molar-refractivity contribution >= 4 is 17.4 Å². The number of benzene rings is 3. The Labute approximate surface area is 228 Å². The molecule has 6 heteroatoms. The molecule has 39 heavy (non-hydrogen) atoms. The van der Waals surface area contributed by atoms with E-state index in [1.807, 2.05) is 75.4 Å². The maximum Gasteiger partial charge on any atom is 0.295 e. The molecule has 6 nitrogen and oxygen atoms in total. The molecule has 1 N–H and O–H groups in total. The molecule has 1 aromatic heterocycles. The topological polar surface area (TPSA) is 79.7 Å². The molecule has 0 radical (unpaired) electrons. The molecule has 196 valence electrons. The van der Waals surface area contributed by atoms with Crippen LogP contribution in [0.15, 0.2) is 96.8 Å². The minimum atomic E-state index is -0.770. The van der Waals surface area contributed by atoms with E-state index in [9.17, 15) is 14.7 Å². The number of Topliss-reactive ketones (excluding diaryl/α,β-unsaturated/α-hetero) is 1. The second-order valence-corrected chi connectivity index (χ2v) is 9.90. The summed E-state index contributed by atoms with van der Waals surface area (Å²) in [6.45, 7) is 6.51. The highest BCUT2D eigenvalue weighted by atomic mass is 16.5. The fraction of sp³-hybridized carbons (Fsp3) is 0.182. The van der Waals surface area contributed by atoms with Crippen LogP contribution in [0.5, 0.6) is 5.75 Å². The zero-order chi connectivity index (χ0) is 27.5. The third-order valence-electron chi connectivity index (χ3n) is 7.07. The molecular weight excluding hydrogens is 488 g/mol. The zero-order valence-electron chi connectivity index (χ0n) is 22.2. The van der Waals surface area contributed by atoms with Gasteiger partial charge in [-0.2, -0.15) is 0 Å². The van der Waals surface area contributed by atoms with E-state index >= 15 is 0 Å². The highest BCUT2D eigenvalue weighted by Crippen LogP contribution is 2.40. The summed E-state index contributed by atoms with van der Waals surface area (Å²) in [5.41, 5.74) is 6.03. The molecule has 1 aliphatic heterocycles. The van der Waals surface area contributed by atoms with Gasteiger partial charge in [-0.1, -0.05) is 60.2 Å². The molecule has 5 rings (SSSR count). The molecule has 3 aromatic carbocycles. The van der Waals surface area contributed by atoms with Gasteiger partial charge in [0.05, 0.1) is 11.6 Å². The Hall–Kier alpha value is -4.71. The van der Waals surface area contributed by atoms with Crippen molar-refractivity contribution in [1.82, 2.24) is 9.88 Å². The van der Waals surface area contributed by atoms with Crippen molar-refractivity contribution in [2.45, 2.75) is 40.0 Å². The number of carbonyl (C=O) groups excluding carboxylic acids is 2. The molecule has 0 spiro atoms. The first-order valence-corrected chi connectivity index (χ1v) is 12.9. The van der Waals surface area contributed by atoms with Crippen LogP contribution in [0, 0.1) is 20.8 Å². The standard InChI is InChI=1S/C33H30N2O4/c1-21-11-12-22(2)27(16-21)19-35-30(26-10-7-15-34-18-26)29(32(37)33(35)38)31(36)25-13-14-28(23(3)17-25)39-20-24-8-5-4-6-9-24/h4-18,30,36H,19-20H2,1-3H3/b31-29-. The number of aliphatic hydroxyl groups excluding tert-OH is 1. The molecule has 1 saturated heterocycles. The summed E-state index contributed by atoms with van der Waals surface area (Å²) in [4.78, 5) is 32.5. The van der Waals surface area contributed by atoms with Crippen LogP contribution >= 0.6 is 0 Å². The summed E-state index contributed by atoms with van der Waals surface area (Å²) in [5, 5.41) is 11.5. The molecule has 1 unspecified atom stereocenters. The lowest BCUT2D eigenvalue weighted by molar-refractivity contribution is -0.140. The third-order valence-corrected chi connectivity index (χ3v) is 7.07. The van der Waals surface area contributed by atoms with Crippen LogP contribution in [0.25, 0.3) is 5.76 Å². The number of nitrogens with zero attached hydrogens (tertiary/aromatic N) is 2. The Balaban J connectivity index is 1.52. The van der Waals surface area contributed by atoms with Crippen molar-refractivity contribution < 1.29 is 19.4 Å². The number of pyridine rings is 1. The number of aromatic nitrogens is 1. The van der Waals surface area contributed by atoms with Gasteiger partial charge in [0, 0.05) is 24.5 Å². The number of ketones is 1. The summed E-state index contributed by atoms with van der Waals surface area (Å²) in [6.07, 6.45) is 3.27. The fourth-order valence-corrected chi connectivity index (χ4v) is 4.93. The fourth-order valence-electron chi connectivity index (χ4n) is 4.93. The van der Waals surface area contributed by atoms with Crippen molar-refractivity contribution in [3.05, 3.63) is 136 Å². The molecule has 0 bridgehead atoms. The predicted octanol–water partition coefficient (Wildman–Crippen LogP) is 6.21. The van der Waals surface area contributed by atoms with Crippen LogP contribution in [0.2, 0.25) is 0 Å². The first-order valence-electron chi connectivity index (χ1n) is 12.9. The average molecular weight is 519 g/mol. The second-order valence-electron chi connectivity index (χ2n) is 9.90. The van der Waals surface area contributed by atoms with Gasteiger partial charge < -0.3 is 14.7 Å². The first-order chi connectivity index (χ1) is 18.8. The van der Waals surface area contributed by atoms with E-state index in [-0.39, 0.29) is 17.9 Å². The third kappa shape index (κ3) is 5.32.